The molecule has 0 saturated heterocycles. The molecule has 0 aliphatic rings. The van der Waals surface area contributed by atoms with E-state index >= 15 is 0 Å². The smallest absolute Gasteiger partial charge is 0.129 e. The van der Waals surface area contributed by atoms with Crippen LogP contribution in [0.3, 0.4) is 0 Å². The van der Waals surface area contributed by atoms with Crippen LogP contribution in [0.5, 0.6) is 0 Å². The third-order valence-electron chi connectivity index (χ3n) is 1.77. The highest BCUT2D eigenvalue weighted by Gasteiger charge is 2.11. The molecule has 0 bridgehead atoms. The number of nitrogens with zero attached hydrogens (tertiary/aromatic N) is 2. The summed E-state index contributed by atoms with van der Waals surface area (Å²) in [6.45, 7) is 4.15. The molecule has 0 aliphatic heterocycles. The summed E-state index contributed by atoms with van der Waals surface area (Å²) in [5.41, 5.74) is 0. The predicted octanol–water partition coefficient (Wildman–Crippen LogP) is 2.94. The van der Waals surface area contributed by atoms with Crippen molar-refractivity contribution in [2.75, 3.05) is 0 Å². The third-order valence-corrected chi connectivity index (χ3v) is 2.63. The zero-order valence-corrected chi connectivity index (χ0v) is 9.18. The molecule has 1 rings (SSSR count). The lowest BCUT2D eigenvalue weighted by Gasteiger charge is -2.11. The molecule has 0 aliphatic carbocycles. The summed E-state index contributed by atoms with van der Waals surface area (Å²) in [7, 11) is 0. The minimum atomic E-state index is 0.0844. The average molecular weight is 219 g/mol. The minimum absolute atomic E-state index is 0.0844. The zero-order chi connectivity index (χ0) is 9.84. The van der Waals surface area contributed by atoms with Gasteiger partial charge in [-0.2, -0.15) is 0 Å². The van der Waals surface area contributed by atoms with Crippen LogP contribution in [0.25, 0.3) is 0 Å². The van der Waals surface area contributed by atoms with Gasteiger partial charge < -0.3 is 0 Å². The Morgan fingerprint density at radius 1 is 1.31 bits per heavy atom. The fourth-order valence-corrected chi connectivity index (χ4v) is 1.09. The second-order valence-electron chi connectivity index (χ2n) is 3.28. The van der Waals surface area contributed by atoms with Crippen molar-refractivity contribution in [2.45, 2.75) is 25.6 Å². The van der Waals surface area contributed by atoms with E-state index in [1.54, 1.807) is 12.4 Å². The van der Waals surface area contributed by atoms with E-state index in [1.807, 2.05) is 0 Å². The van der Waals surface area contributed by atoms with E-state index in [-0.39, 0.29) is 5.38 Å². The monoisotopic (exact) mass is 218 g/mol. The molecule has 0 amide bonds. The SMILES string of the molecule is CC(C)C(Cl)Cc1ncc(Cl)cn1. The summed E-state index contributed by atoms with van der Waals surface area (Å²) < 4.78 is 0. The van der Waals surface area contributed by atoms with Gasteiger partial charge in [-0.1, -0.05) is 25.4 Å². The molecule has 0 saturated carbocycles. The topological polar surface area (TPSA) is 25.8 Å². The highest BCUT2D eigenvalue weighted by Crippen LogP contribution is 2.14. The molecule has 0 fully saturated rings. The summed E-state index contributed by atoms with van der Waals surface area (Å²) in [4.78, 5) is 8.15. The van der Waals surface area contributed by atoms with Crippen LogP contribution in [0.4, 0.5) is 0 Å². The van der Waals surface area contributed by atoms with Crippen LogP contribution < -0.4 is 0 Å². The lowest BCUT2D eigenvalue weighted by atomic mass is 10.1. The van der Waals surface area contributed by atoms with Gasteiger partial charge >= 0.3 is 0 Å². The van der Waals surface area contributed by atoms with Crippen LogP contribution >= 0.6 is 23.2 Å². The largest absolute Gasteiger partial charge is 0.240 e. The van der Waals surface area contributed by atoms with Gasteiger partial charge in [0.25, 0.3) is 0 Å². The van der Waals surface area contributed by atoms with Gasteiger partial charge in [-0.05, 0) is 5.92 Å². The Kier molecular flexibility index (Phi) is 3.94. The Bertz CT molecular complexity index is 259. The second-order valence-corrected chi connectivity index (χ2v) is 4.28. The molecule has 1 aromatic heterocycles. The fourth-order valence-electron chi connectivity index (χ4n) is 0.855. The van der Waals surface area contributed by atoms with E-state index < -0.39 is 0 Å². The van der Waals surface area contributed by atoms with Gasteiger partial charge in [-0.25, -0.2) is 9.97 Å². The minimum Gasteiger partial charge on any atom is -0.240 e. The van der Waals surface area contributed by atoms with Crippen molar-refractivity contribution in [3.63, 3.8) is 0 Å². The second kappa shape index (κ2) is 4.77. The van der Waals surface area contributed by atoms with Crippen LogP contribution in [-0.2, 0) is 6.42 Å². The van der Waals surface area contributed by atoms with E-state index in [4.69, 9.17) is 23.2 Å². The van der Waals surface area contributed by atoms with Gasteiger partial charge in [0.05, 0.1) is 5.02 Å². The summed E-state index contributed by atoms with van der Waals surface area (Å²) in [5.74, 6) is 1.18. The Morgan fingerprint density at radius 3 is 2.31 bits per heavy atom. The van der Waals surface area contributed by atoms with Crippen molar-refractivity contribution in [1.29, 1.82) is 0 Å². The Hall–Kier alpha value is -0.340. The van der Waals surface area contributed by atoms with Gasteiger partial charge in [0.2, 0.25) is 0 Å². The molecular weight excluding hydrogens is 207 g/mol. The maximum absolute atomic E-state index is 6.08. The zero-order valence-electron chi connectivity index (χ0n) is 7.67. The van der Waals surface area contributed by atoms with Gasteiger partial charge in [0, 0.05) is 24.2 Å². The number of hydrogen-bond acceptors (Lipinski definition) is 2. The standard InChI is InChI=1S/C9H12Cl2N2/c1-6(2)8(11)3-9-12-4-7(10)5-13-9/h4-6,8H,3H2,1-2H3. The molecule has 1 aromatic rings. The van der Waals surface area contributed by atoms with E-state index in [2.05, 4.69) is 23.8 Å². The molecule has 72 valence electrons. The highest BCUT2D eigenvalue weighted by molar-refractivity contribution is 6.30. The van der Waals surface area contributed by atoms with Crippen molar-refractivity contribution in [3.8, 4) is 0 Å². The first-order chi connectivity index (χ1) is 6.09. The van der Waals surface area contributed by atoms with Crippen LogP contribution in [0.1, 0.15) is 19.7 Å². The molecule has 0 aromatic carbocycles. The van der Waals surface area contributed by atoms with E-state index in [0.717, 1.165) is 5.82 Å². The normalized spacial score (nSPS) is 13.3. The lowest BCUT2D eigenvalue weighted by molar-refractivity contribution is 0.584. The maximum Gasteiger partial charge on any atom is 0.129 e. The molecule has 1 unspecified atom stereocenters. The highest BCUT2D eigenvalue weighted by atomic mass is 35.5. The van der Waals surface area contributed by atoms with E-state index in [0.29, 0.717) is 17.4 Å². The molecule has 0 radical (unpaired) electrons. The molecule has 13 heavy (non-hydrogen) atoms. The molecule has 1 heterocycles. The van der Waals surface area contributed by atoms with Crippen LogP contribution in [0.15, 0.2) is 12.4 Å². The fraction of sp³-hybridized carbons (Fsp3) is 0.556. The quantitative estimate of drug-likeness (QED) is 0.730. The molecular formula is C9H12Cl2N2. The van der Waals surface area contributed by atoms with Crippen LogP contribution in [-0.4, -0.2) is 15.3 Å². The molecule has 2 nitrogen and oxygen atoms in total. The number of rotatable bonds is 3. The van der Waals surface area contributed by atoms with Crippen LogP contribution in [0, 0.1) is 5.92 Å². The molecule has 1 atom stereocenters. The first-order valence-electron chi connectivity index (χ1n) is 4.20. The summed E-state index contributed by atoms with van der Waals surface area (Å²) in [6, 6.07) is 0. The van der Waals surface area contributed by atoms with Gasteiger partial charge in [-0.3, -0.25) is 0 Å². The van der Waals surface area contributed by atoms with Crippen molar-refractivity contribution in [1.82, 2.24) is 9.97 Å². The Morgan fingerprint density at radius 2 is 1.85 bits per heavy atom. The van der Waals surface area contributed by atoms with Crippen LogP contribution in [0.2, 0.25) is 5.02 Å². The van der Waals surface area contributed by atoms with E-state index in [9.17, 15) is 0 Å². The van der Waals surface area contributed by atoms with Gasteiger partial charge in [0.15, 0.2) is 0 Å². The summed E-state index contributed by atoms with van der Waals surface area (Å²) in [6.07, 6.45) is 3.87. The summed E-state index contributed by atoms with van der Waals surface area (Å²) >= 11 is 11.7. The van der Waals surface area contributed by atoms with Crippen molar-refractivity contribution in [3.05, 3.63) is 23.2 Å². The number of alkyl halides is 1. The number of halogens is 2. The van der Waals surface area contributed by atoms with Crippen molar-refractivity contribution < 1.29 is 0 Å². The van der Waals surface area contributed by atoms with Gasteiger partial charge in [-0.15, -0.1) is 11.6 Å². The van der Waals surface area contributed by atoms with Crippen molar-refractivity contribution in [2.24, 2.45) is 5.92 Å². The van der Waals surface area contributed by atoms with Gasteiger partial charge in [0.1, 0.15) is 5.82 Å². The van der Waals surface area contributed by atoms with Crippen molar-refractivity contribution >= 4 is 23.2 Å². The molecule has 4 heteroatoms. The first kappa shape index (κ1) is 10.7. The Balaban J connectivity index is 2.59. The third kappa shape index (κ3) is 3.49. The predicted molar refractivity (Wildman–Crippen MR) is 55.2 cm³/mol. The molecule has 0 N–H and O–H groups in total. The van der Waals surface area contributed by atoms with E-state index in [1.165, 1.54) is 0 Å². The lowest BCUT2D eigenvalue weighted by Crippen LogP contribution is -2.13. The first-order valence-corrected chi connectivity index (χ1v) is 5.01. The summed E-state index contributed by atoms with van der Waals surface area (Å²) in [5, 5.41) is 0.639. The number of hydrogen-bond donors (Lipinski definition) is 0. The Labute approximate surface area is 88.3 Å². The maximum atomic E-state index is 6.08. The molecule has 0 spiro atoms. The number of aromatic nitrogens is 2. The average Bonchev–Trinajstić information content (AvgIpc) is 2.08.